The number of hydrogen-bond donors (Lipinski definition) is 0. The van der Waals surface area contributed by atoms with Crippen LogP contribution in [0.4, 0.5) is 11.5 Å². The minimum Gasteiger partial charge on any atom is -0.367 e. The fourth-order valence-electron chi connectivity index (χ4n) is 2.70. The zero-order chi connectivity index (χ0) is 15.5. The van der Waals surface area contributed by atoms with Crippen molar-refractivity contribution in [2.45, 2.75) is 0 Å². The van der Waals surface area contributed by atoms with E-state index < -0.39 is 0 Å². The Hall–Kier alpha value is -2.81. The second-order valence-electron chi connectivity index (χ2n) is 5.27. The van der Waals surface area contributed by atoms with Gasteiger partial charge in [-0.3, -0.25) is 4.79 Å². The van der Waals surface area contributed by atoms with Crippen LogP contribution >= 0.6 is 0 Å². The molecular weight excluding hydrogens is 278 g/mol. The summed E-state index contributed by atoms with van der Waals surface area (Å²) >= 11 is 0. The molecule has 0 N–H and O–H groups in total. The molecule has 0 bridgehead atoms. The smallest absolute Gasteiger partial charge is 0.293 e. The van der Waals surface area contributed by atoms with Gasteiger partial charge in [0.1, 0.15) is 6.07 Å². The Morgan fingerprint density at radius 1 is 1.14 bits per heavy atom. The first-order valence-corrected chi connectivity index (χ1v) is 7.21. The lowest BCUT2D eigenvalue weighted by atomic mass is 10.1. The van der Waals surface area contributed by atoms with E-state index in [0.29, 0.717) is 24.5 Å². The molecule has 0 atom stereocenters. The second kappa shape index (κ2) is 5.90. The maximum Gasteiger partial charge on any atom is 0.293 e. The molecule has 3 rings (SSSR count). The summed E-state index contributed by atoms with van der Waals surface area (Å²) in [7, 11) is 1.73. The lowest BCUT2D eigenvalue weighted by molar-refractivity contribution is 0.639. The standard InChI is InChI=1S/C16H17N5O/c1-19-7-6-18-15(16(19)22)21-10-8-20(9-11-21)14-5-3-2-4-13(14)12-17/h2-7H,8-11H2,1H3. The predicted molar refractivity (Wildman–Crippen MR) is 85.1 cm³/mol. The summed E-state index contributed by atoms with van der Waals surface area (Å²) in [6.07, 6.45) is 3.30. The Morgan fingerprint density at radius 2 is 1.82 bits per heavy atom. The summed E-state index contributed by atoms with van der Waals surface area (Å²) in [6, 6.07) is 9.84. The van der Waals surface area contributed by atoms with E-state index in [1.807, 2.05) is 29.2 Å². The zero-order valence-electron chi connectivity index (χ0n) is 12.4. The van der Waals surface area contributed by atoms with Gasteiger partial charge in [-0.15, -0.1) is 0 Å². The molecule has 0 saturated carbocycles. The van der Waals surface area contributed by atoms with Crippen LogP contribution in [0.2, 0.25) is 0 Å². The molecule has 22 heavy (non-hydrogen) atoms. The molecule has 0 amide bonds. The summed E-state index contributed by atoms with van der Waals surface area (Å²) < 4.78 is 1.54. The van der Waals surface area contributed by atoms with Crippen LogP contribution in [0.25, 0.3) is 0 Å². The number of nitrogens with zero attached hydrogens (tertiary/aromatic N) is 5. The van der Waals surface area contributed by atoms with Crippen LogP contribution in [-0.2, 0) is 7.05 Å². The van der Waals surface area contributed by atoms with Crippen molar-refractivity contribution in [2.24, 2.45) is 7.05 Å². The number of rotatable bonds is 2. The third-order valence-corrected chi connectivity index (χ3v) is 3.94. The first-order chi connectivity index (χ1) is 10.7. The Bertz CT molecular complexity index is 769. The van der Waals surface area contributed by atoms with Gasteiger partial charge >= 0.3 is 0 Å². The topological polar surface area (TPSA) is 65.2 Å². The van der Waals surface area contributed by atoms with Crippen LogP contribution in [0, 0.1) is 11.3 Å². The van der Waals surface area contributed by atoms with Crippen LogP contribution in [0.5, 0.6) is 0 Å². The van der Waals surface area contributed by atoms with Crippen LogP contribution in [0.1, 0.15) is 5.56 Å². The maximum atomic E-state index is 12.1. The quantitative estimate of drug-likeness (QED) is 0.826. The van der Waals surface area contributed by atoms with Gasteiger partial charge in [0.25, 0.3) is 5.56 Å². The number of hydrogen-bond acceptors (Lipinski definition) is 5. The number of piperazine rings is 1. The third kappa shape index (κ3) is 2.53. The Balaban J connectivity index is 1.77. The van der Waals surface area contributed by atoms with Crippen molar-refractivity contribution in [1.82, 2.24) is 9.55 Å². The lowest BCUT2D eigenvalue weighted by Crippen LogP contribution is -2.48. The molecule has 1 aromatic carbocycles. The van der Waals surface area contributed by atoms with Crippen LogP contribution in [0.15, 0.2) is 41.5 Å². The van der Waals surface area contributed by atoms with E-state index in [9.17, 15) is 10.1 Å². The van der Waals surface area contributed by atoms with Crippen LogP contribution < -0.4 is 15.4 Å². The molecule has 1 aliphatic rings. The van der Waals surface area contributed by atoms with Crippen molar-refractivity contribution in [3.63, 3.8) is 0 Å². The van der Waals surface area contributed by atoms with E-state index in [0.717, 1.165) is 18.8 Å². The number of nitriles is 1. The first-order valence-electron chi connectivity index (χ1n) is 7.21. The molecule has 1 aliphatic heterocycles. The van der Waals surface area contributed by atoms with Gasteiger partial charge in [-0.2, -0.15) is 5.26 Å². The van der Waals surface area contributed by atoms with Gasteiger partial charge < -0.3 is 14.4 Å². The monoisotopic (exact) mass is 295 g/mol. The van der Waals surface area contributed by atoms with Gasteiger partial charge in [-0.1, -0.05) is 12.1 Å². The van der Waals surface area contributed by atoms with Crippen molar-refractivity contribution in [2.75, 3.05) is 36.0 Å². The van der Waals surface area contributed by atoms with E-state index in [-0.39, 0.29) is 5.56 Å². The lowest BCUT2D eigenvalue weighted by Gasteiger charge is -2.36. The van der Waals surface area contributed by atoms with Gasteiger partial charge in [0.05, 0.1) is 11.3 Å². The highest BCUT2D eigenvalue weighted by molar-refractivity contribution is 5.60. The molecule has 0 radical (unpaired) electrons. The molecule has 0 unspecified atom stereocenters. The SMILES string of the molecule is Cn1ccnc(N2CCN(c3ccccc3C#N)CC2)c1=O. The first kappa shape index (κ1) is 14.1. The average Bonchev–Trinajstić information content (AvgIpc) is 2.57. The highest BCUT2D eigenvalue weighted by atomic mass is 16.1. The molecule has 1 fully saturated rings. The van der Waals surface area contributed by atoms with E-state index in [2.05, 4.69) is 16.0 Å². The molecule has 112 valence electrons. The highest BCUT2D eigenvalue weighted by Crippen LogP contribution is 2.21. The number of anilines is 2. The molecule has 0 spiro atoms. The number of aromatic nitrogens is 2. The zero-order valence-corrected chi connectivity index (χ0v) is 12.4. The summed E-state index contributed by atoms with van der Waals surface area (Å²) in [5.41, 5.74) is 1.57. The summed E-state index contributed by atoms with van der Waals surface area (Å²) in [4.78, 5) is 20.5. The summed E-state index contributed by atoms with van der Waals surface area (Å²) in [6.45, 7) is 2.95. The van der Waals surface area contributed by atoms with Crippen molar-refractivity contribution >= 4 is 11.5 Å². The molecule has 6 heteroatoms. The van der Waals surface area contributed by atoms with Crippen molar-refractivity contribution < 1.29 is 0 Å². The molecule has 2 aromatic rings. The largest absolute Gasteiger partial charge is 0.367 e. The highest BCUT2D eigenvalue weighted by Gasteiger charge is 2.21. The van der Waals surface area contributed by atoms with Gasteiger partial charge in [-0.25, -0.2) is 4.98 Å². The van der Waals surface area contributed by atoms with Gasteiger partial charge in [-0.05, 0) is 12.1 Å². The van der Waals surface area contributed by atoms with Gasteiger partial charge in [0, 0.05) is 45.6 Å². The number of aryl methyl sites for hydroxylation is 1. The summed E-state index contributed by atoms with van der Waals surface area (Å²) in [5, 5.41) is 9.20. The van der Waals surface area contributed by atoms with E-state index >= 15 is 0 Å². The minimum absolute atomic E-state index is 0.0756. The predicted octanol–water partition coefficient (Wildman–Crippen LogP) is 0.979. The molecular formula is C16H17N5O. The Morgan fingerprint density at radius 3 is 2.55 bits per heavy atom. The van der Waals surface area contributed by atoms with Gasteiger partial charge in [0.15, 0.2) is 5.82 Å². The third-order valence-electron chi connectivity index (χ3n) is 3.94. The molecule has 1 saturated heterocycles. The van der Waals surface area contributed by atoms with E-state index in [1.165, 1.54) is 0 Å². The second-order valence-corrected chi connectivity index (χ2v) is 5.27. The minimum atomic E-state index is -0.0756. The van der Waals surface area contributed by atoms with E-state index in [4.69, 9.17) is 0 Å². The Labute approximate surface area is 128 Å². The normalized spacial score (nSPS) is 14.7. The molecule has 1 aromatic heterocycles. The van der Waals surface area contributed by atoms with Crippen LogP contribution in [0.3, 0.4) is 0 Å². The van der Waals surface area contributed by atoms with Crippen LogP contribution in [-0.4, -0.2) is 35.7 Å². The number of para-hydroxylation sites is 1. The maximum absolute atomic E-state index is 12.1. The van der Waals surface area contributed by atoms with Crippen molar-refractivity contribution in [3.05, 3.63) is 52.6 Å². The molecule has 2 heterocycles. The van der Waals surface area contributed by atoms with E-state index in [1.54, 1.807) is 24.0 Å². The number of benzene rings is 1. The van der Waals surface area contributed by atoms with Crippen molar-refractivity contribution in [3.8, 4) is 6.07 Å². The Kier molecular flexibility index (Phi) is 3.79. The summed E-state index contributed by atoms with van der Waals surface area (Å²) in [5.74, 6) is 0.498. The fourth-order valence-corrected chi connectivity index (χ4v) is 2.70. The average molecular weight is 295 g/mol. The fraction of sp³-hybridized carbons (Fsp3) is 0.312. The molecule has 6 nitrogen and oxygen atoms in total. The van der Waals surface area contributed by atoms with Crippen molar-refractivity contribution in [1.29, 1.82) is 5.26 Å². The molecule has 0 aliphatic carbocycles. The van der Waals surface area contributed by atoms with Gasteiger partial charge in [0.2, 0.25) is 0 Å².